The van der Waals surface area contributed by atoms with Crippen molar-refractivity contribution in [2.24, 2.45) is 0 Å². The molecule has 0 saturated carbocycles. The Hall–Kier alpha value is -3.28. The molecule has 1 atom stereocenters. The summed E-state index contributed by atoms with van der Waals surface area (Å²) in [7, 11) is 1.62. The first-order valence-corrected chi connectivity index (χ1v) is 13.0. The van der Waals surface area contributed by atoms with E-state index in [4.69, 9.17) is 9.47 Å². The fraction of sp³-hybridized carbons (Fsp3) is 0.231. The van der Waals surface area contributed by atoms with Crippen LogP contribution in [0.2, 0.25) is 5.32 Å². The molecule has 0 fully saturated rings. The SMILES string of the molecule is COc1ccc(C[Se]C[C@@H](NC(=O)OCC2c3ccccc3-c3ccccc32)C(=O)O)cc1. The standard InChI is InChI=1S/C26H25NO5Se/c1-31-18-12-10-17(11-13-18)15-33-16-24(25(28)29)27-26(30)32-14-23-21-8-4-2-6-19(21)20-7-3-5-9-22(20)23/h2-13,23-24H,14-16H2,1H3,(H,27,30)(H,28,29)/t24-/m1/s1. The van der Waals surface area contributed by atoms with Crippen molar-refractivity contribution >= 4 is 27.0 Å². The van der Waals surface area contributed by atoms with Crippen LogP contribution in [0.5, 0.6) is 5.75 Å². The number of carboxylic acid groups (broad SMARTS) is 1. The van der Waals surface area contributed by atoms with Gasteiger partial charge < -0.3 is 0 Å². The Morgan fingerprint density at radius 2 is 1.58 bits per heavy atom. The predicted octanol–water partition coefficient (Wildman–Crippen LogP) is 4.31. The number of carboxylic acids is 1. The van der Waals surface area contributed by atoms with Gasteiger partial charge in [0.1, 0.15) is 0 Å². The Labute approximate surface area is 199 Å². The third kappa shape index (κ3) is 5.38. The third-order valence-electron chi connectivity index (χ3n) is 5.65. The maximum absolute atomic E-state index is 12.4. The predicted molar refractivity (Wildman–Crippen MR) is 127 cm³/mol. The molecule has 0 aliphatic heterocycles. The van der Waals surface area contributed by atoms with Crippen LogP contribution in [0, 0.1) is 0 Å². The fourth-order valence-corrected chi connectivity index (χ4v) is 6.09. The Morgan fingerprint density at radius 1 is 0.970 bits per heavy atom. The molecule has 0 spiro atoms. The molecule has 3 aromatic rings. The molecule has 4 rings (SSSR count). The minimum absolute atomic E-state index is 0.00819. The van der Waals surface area contributed by atoms with Gasteiger partial charge in [-0.25, -0.2) is 0 Å². The number of rotatable bonds is 9. The molecular weight excluding hydrogens is 485 g/mol. The first-order chi connectivity index (χ1) is 16.1. The molecule has 3 aromatic carbocycles. The number of ether oxygens (including phenoxy) is 2. The number of nitrogens with one attached hydrogen (secondary N) is 1. The summed E-state index contributed by atoms with van der Waals surface area (Å²) in [6.07, 6.45) is -0.704. The van der Waals surface area contributed by atoms with E-state index in [1.807, 2.05) is 60.7 Å². The van der Waals surface area contributed by atoms with Gasteiger partial charge in [0, 0.05) is 0 Å². The summed E-state index contributed by atoms with van der Waals surface area (Å²) in [5, 5.41) is 13.2. The summed E-state index contributed by atoms with van der Waals surface area (Å²) in [5.74, 6) is -0.336. The topological polar surface area (TPSA) is 84.9 Å². The number of methoxy groups -OCH3 is 1. The second-order valence-corrected chi connectivity index (χ2v) is 9.89. The number of aliphatic carboxylic acids is 1. The summed E-state index contributed by atoms with van der Waals surface area (Å²) >= 11 is 0.00819. The van der Waals surface area contributed by atoms with Crippen molar-refractivity contribution in [3.05, 3.63) is 89.5 Å². The van der Waals surface area contributed by atoms with Gasteiger partial charge in [0.2, 0.25) is 0 Å². The second-order valence-electron chi connectivity index (χ2n) is 7.72. The monoisotopic (exact) mass is 511 g/mol. The van der Waals surface area contributed by atoms with E-state index in [1.165, 1.54) is 0 Å². The van der Waals surface area contributed by atoms with E-state index in [2.05, 4.69) is 17.4 Å². The van der Waals surface area contributed by atoms with Crippen LogP contribution in [0.3, 0.4) is 0 Å². The molecule has 1 aliphatic rings. The Morgan fingerprint density at radius 3 is 2.15 bits per heavy atom. The fourth-order valence-electron chi connectivity index (χ4n) is 3.97. The van der Waals surface area contributed by atoms with Gasteiger partial charge in [0.15, 0.2) is 0 Å². The zero-order valence-corrected chi connectivity index (χ0v) is 19.9. The molecule has 0 radical (unpaired) electrons. The van der Waals surface area contributed by atoms with Crippen LogP contribution in [0.25, 0.3) is 11.1 Å². The van der Waals surface area contributed by atoms with Gasteiger partial charge in [-0.2, -0.15) is 0 Å². The molecule has 0 saturated heterocycles. The van der Waals surface area contributed by atoms with Crippen LogP contribution in [-0.4, -0.2) is 51.9 Å². The summed E-state index contributed by atoms with van der Waals surface area (Å²) in [6.45, 7) is 0.156. The third-order valence-corrected chi connectivity index (χ3v) is 7.97. The van der Waals surface area contributed by atoms with Gasteiger partial charge in [-0.1, -0.05) is 0 Å². The Kier molecular flexibility index (Phi) is 7.33. The van der Waals surface area contributed by atoms with E-state index in [9.17, 15) is 14.7 Å². The summed E-state index contributed by atoms with van der Waals surface area (Å²) in [6, 6.07) is 22.9. The number of hydrogen-bond acceptors (Lipinski definition) is 4. The van der Waals surface area contributed by atoms with Crippen LogP contribution in [0.4, 0.5) is 4.79 Å². The molecule has 0 heterocycles. The van der Waals surface area contributed by atoms with Crippen LogP contribution in [0.1, 0.15) is 22.6 Å². The van der Waals surface area contributed by atoms with Crippen molar-refractivity contribution < 1.29 is 24.2 Å². The summed E-state index contributed by atoms with van der Waals surface area (Å²) in [4.78, 5) is 24.1. The molecule has 170 valence electrons. The molecule has 0 unspecified atom stereocenters. The van der Waals surface area contributed by atoms with E-state index >= 15 is 0 Å². The van der Waals surface area contributed by atoms with E-state index in [0.29, 0.717) is 5.32 Å². The van der Waals surface area contributed by atoms with Crippen molar-refractivity contribution in [2.75, 3.05) is 13.7 Å². The summed E-state index contributed by atoms with van der Waals surface area (Å²) < 4.78 is 10.6. The van der Waals surface area contributed by atoms with Crippen molar-refractivity contribution in [1.82, 2.24) is 5.32 Å². The van der Waals surface area contributed by atoms with Crippen molar-refractivity contribution in [2.45, 2.75) is 22.6 Å². The molecule has 1 amide bonds. The first kappa shape index (κ1) is 22.9. The van der Waals surface area contributed by atoms with Gasteiger partial charge in [0.25, 0.3) is 0 Å². The van der Waals surface area contributed by atoms with Crippen LogP contribution < -0.4 is 10.1 Å². The maximum atomic E-state index is 12.4. The molecule has 0 aromatic heterocycles. The molecule has 7 heteroatoms. The second kappa shape index (κ2) is 10.6. The van der Waals surface area contributed by atoms with Gasteiger partial charge in [-0.3, -0.25) is 0 Å². The number of fused-ring (bicyclic) bond motifs is 3. The van der Waals surface area contributed by atoms with E-state index < -0.39 is 18.1 Å². The average Bonchev–Trinajstić information content (AvgIpc) is 3.16. The van der Waals surface area contributed by atoms with E-state index in [0.717, 1.165) is 38.9 Å². The zero-order valence-electron chi connectivity index (χ0n) is 18.2. The molecular formula is C26H25NO5Se. The molecule has 1 aliphatic carbocycles. The number of carbonyl (C=O) groups excluding carboxylic acids is 1. The van der Waals surface area contributed by atoms with Gasteiger partial charge >= 0.3 is 199 Å². The van der Waals surface area contributed by atoms with Crippen molar-refractivity contribution in [3.63, 3.8) is 0 Å². The normalized spacial score (nSPS) is 13.0. The van der Waals surface area contributed by atoms with Gasteiger partial charge in [0.05, 0.1) is 0 Å². The van der Waals surface area contributed by atoms with Gasteiger partial charge in [-0.15, -0.1) is 0 Å². The number of hydrogen-bond donors (Lipinski definition) is 2. The average molecular weight is 510 g/mol. The van der Waals surface area contributed by atoms with E-state index in [1.54, 1.807) is 7.11 Å². The molecule has 2 N–H and O–H groups in total. The Bertz CT molecular complexity index is 1090. The first-order valence-electron chi connectivity index (χ1n) is 10.6. The number of benzene rings is 3. The number of alkyl carbamates (subject to hydrolysis) is 1. The quantitative estimate of drug-likeness (QED) is 0.419. The molecule has 33 heavy (non-hydrogen) atoms. The Balaban J connectivity index is 1.32. The zero-order chi connectivity index (χ0) is 23.2. The van der Waals surface area contributed by atoms with Gasteiger partial charge in [-0.05, 0) is 0 Å². The van der Waals surface area contributed by atoms with Crippen LogP contribution in [-0.2, 0) is 14.9 Å². The molecule has 6 nitrogen and oxygen atoms in total. The number of amides is 1. The number of carbonyl (C=O) groups is 2. The molecule has 0 bridgehead atoms. The van der Waals surface area contributed by atoms with Crippen LogP contribution >= 0.6 is 0 Å². The van der Waals surface area contributed by atoms with Crippen LogP contribution in [0.15, 0.2) is 72.8 Å². The minimum atomic E-state index is -1.06. The van der Waals surface area contributed by atoms with Crippen molar-refractivity contribution in [1.29, 1.82) is 0 Å². The summed E-state index contributed by atoms with van der Waals surface area (Å²) in [5.41, 5.74) is 5.63. The van der Waals surface area contributed by atoms with Crippen molar-refractivity contribution in [3.8, 4) is 16.9 Å². The van der Waals surface area contributed by atoms with E-state index in [-0.39, 0.29) is 27.5 Å².